The van der Waals surface area contributed by atoms with Crippen LogP contribution in [0.3, 0.4) is 0 Å². The minimum atomic E-state index is -2.61. The quantitative estimate of drug-likeness (QED) is 0.882. The number of hydrogen-bond acceptors (Lipinski definition) is 4. The lowest BCUT2D eigenvalue weighted by atomic mass is 10.1. The summed E-state index contributed by atoms with van der Waals surface area (Å²) in [4.78, 5) is 7.84. The summed E-state index contributed by atoms with van der Waals surface area (Å²) >= 11 is 0. The van der Waals surface area contributed by atoms with Crippen LogP contribution in [0.25, 0.3) is 0 Å². The molecule has 0 aliphatic rings. The van der Waals surface area contributed by atoms with Gasteiger partial charge in [0.2, 0.25) is 0 Å². The molecule has 0 radical (unpaired) electrons. The minimum Gasteiger partial charge on any atom is -0.377 e. The predicted molar refractivity (Wildman–Crippen MR) is 64.3 cm³/mol. The van der Waals surface area contributed by atoms with Crippen molar-refractivity contribution >= 4 is 0 Å². The number of alkyl halides is 2. The average Bonchev–Trinajstić information content (AvgIpc) is 2.26. The third-order valence-corrected chi connectivity index (χ3v) is 2.24. The second kappa shape index (κ2) is 6.15. The third kappa shape index (κ3) is 4.62. The lowest BCUT2D eigenvalue weighted by Crippen LogP contribution is -2.35. The molecule has 0 spiro atoms. The fourth-order valence-electron chi connectivity index (χ4n) is 1.34. The van der Waals surface area contributed by atoms with E-state index in [9.17, 15) is 8.78 Å². The number of methoxy groups -OCH3 is 1. The number of hydrogen-bond donors (Lipinski definition) is 1. The first-order chi connectivity index (χ1) is 8.33. The maximum atomic E-state index is 12.9. The molecule has 0 aromatic carbocycles. The normalized spacial score (nSPS) is 12.2. The number of nitrogens with one attached hydrogen (secondary N) is 1. The number of rotatable bonds is 5. The number of aromatic nitrogens is 2. The Morgan fingerprint density at radius 1 is 1.39 bits per heavy atom. The van der Waals surface area contributed by atoms with Crippen LogP contribution in [0, 0.1) is 0 Å². The van der Waals surface area contributed by atoms with Gasteiger partial charge in [-0.2, -0.15) is 0 Å². The van der Waals surface area contributed by atoms with E-state index in [0.717, 1.165) is 0 Å². The highest BCUT2D eigenvalue weighted by Gasteiger charge is 2.18. The van der Waals surface area contributed by atoms with Gasteiger partial charge in [-0.3, -0.25) is 0 Å². The SMILES string of the molecule is COCc1ncc(CNC(C)(C)C)c(C(F)F)n1. The Morgan fingerprint density at radius 2 is 2.06 bits per heavy atom. The van der Waals surface area contributed by atoms with Crippen molar-refractivity contribution in [1.29, 1.82) is 0 Å². The van der Waals surface area contributed by atoms with E-state index in [1.165, 1.54) is 13.3 Å². The molecular formula is C12H19F2N3O. The summed E-state index contributed by atoms with van der Waals surface area (Å²) in [5.41, 5.74) is 0.0403. The van der Waals surface area contributed by atoms with Crippen molar-refractivity contribution in [2.75, 3.05) is 7.11 Å². The van der Waals surface area contributed by atoms with Gasteiger partial charge in [0.1, 0.15) is 12.3 Å². The zero-order valence-corrected chi connectivity index (χ0v) is 11.1. The summed E-state index contributed by atoms with van der Waals surface area (Å²) in [5, 5.41) is 3.14. The summed E-state index contributed by atoms with van der Waals surface area (Å²) in [6.07, 6.45) is -1.18. The van der Waals surface area contributed by atoms with Crippen LogP contribution in [0.5, 0.6) is 0 Å². The monoisotopic (exact) mass is 259 g/mol. The highest BCUT2D eigenvalue weighted by molar-refractivity contribution is 5.19. The maximum absolute atomic E-state index is 12.9. The van der Waals surface area contributed by atoms with E-state index in [2.05, 4.69) is 15.3 Å². The van der Waals surface area contributed by atoms with Crippen molar-refractivity contribution in [2.45, 2.75) is 45.9 Å². The van der Waals surface area contributed by atoms with Crippen molar-refractivity contribution in [3.8, 4) is 0 Å². The van der Waals surface area contributed by atoms with Crippen LogP contribution in [0.15, 0.2) is 6.20 Å². The molecule has 1 heterocycles. The van der Waals surface area contributed by atoms with E-state index in [1.54, 1.807) is 0 Å². The lowest BCUT2D eigenvalue weighted by Gasteiger charge is -2.21. The van der Waals surface area contributed by atoms with Crippen molar-refractivity contribution in [2.24, 2.45) is 0 Å². The summed E-state index contributed by atoms with van der Waals surface area (Å²) in [7, 11) is 1.47. The molecule has 102 valence electrons. The molecule has 1 aromatic rings. The highest BCUT2D eigenvalue weighted by Crippen LogP contribution is 2.21. The van der Waals surface area contributed by atoms with Crippen LogP contribution in [0.4, 0.5) is 8.78 Å². The predicted octanol–water partition coefficient (Wildman–Crippen LogP) is 2.45. The molecule has 0 saturated carbocycles. The Balaban J connectivity index is 2.90. The van der Waals surface area contributed by atoms with Gasteiger partial charge < -0.3 is 10.1 Å². The van der Waals surface area contributed by atoms with Crippen molar-refractivity contribution in [3.63, 3.8) is 0 Å². The fraction of sp³-hybridized carbons (Fsp3) is 0.667. The van der Waals surface area contributed by atoms with Crippen molar-refractivity contribution < 1.29 is 13.5 Å². The highest BCUT2D eigenvalue weighted by atomic mass is 19.3. The molecular weight excluding hydrogens is 240 g/mol. The molecule has 0 aliphatic carbocycles. The number of ether oxygens (including phenoxy) is 1. The largest absolute Gasteiger partial charge is 0.377 e. The van der Waals surface area contributed by atoms with Crippen LogP contribution in [0.2, 0.25) is 0 Å². The first-order valence-electron chi connectivity index (χ1n) is 5.70. The summed E-state index contributed by atoms with van der Waals surface area (Å²) < 4.78 is 30.6. The summed E-state index contributed by atoms with van der Waals surface area (Å²) in [6.45, 7) is 6.35. The zero-order chi connectivity index (χ0) is 13.8. The average molecular weight is 259 g/mol. The van der Waals surface area contributed by atoms with Gasteiger partial charge >= 0.3 is 0 Å². The third-order valence-electron chi connectivity index (χ3n) is 2.24. The first-order valence-corrected chi connectivity index (χ1v) is 5.70. The van der Waals surface area contributed by atoms with Crippen LogP contribution in [-0.2, 0) is 17.9 Å². The molecule has 0 bridgehead atoms. The van der Waals surface area contributed by atoms with Gasteiger partial charge in [-0.25, -0.2) is 18.7 Å². The number of nitrogens with zero attached hydrogens (tertiary/aromatic N) is 2. The second-order valence-electron chi connectivity index (χ2n) is 5.03. The van der Waals surface area contributed by atoms with E-state index in [1.807, 2.05) is 20.8 Å². The van der Waals surface area contributed by atoms with E-state index < -0.39 is 6.43 Å². The first kappa shape index (κ1) is 14.9. The molecule has 0 unspecified atom stereocenters. The molecule has 1 rings (SSSR count). The van der Waals surface area contributed by atoms with Crippen LogP contribution >= 0.6 is 0 Å². The van der Waals surface area contributed by atoms with Crippen LogP contribution in [0.1, 0.15) is 44.3 Å². The van der Waals surface area contributed by atoms with Gasteiger partial charge in [0.05, 0.1) is 0 Å². The summed E-state index contributed by atoms with van der Waals surface area (Å²) in [6, 6.07) is 0. The molecule has 0 fully saturated rings. The van der Waals surface area contributed by atoms with Crippen molar-refractivity contribution in [3.05, 3.63) is 23.3 Å². The van der Waals surface area contributed by atoms with E-state index in [4.69, 9.17) is 4.74 Å². The van der Waals surface area contributed by atoms with Gasteiger partial charge in [-0.1, -0.05) is 0 Å². The second-order valence-corrected chi connectivity index (χ2v) is 5.03. The lowest BCUT2D eigenvalue weighted by molar-refractivity contribution is 0.140. The Bertz CT molecular complexity index is 391. The fourth-order valence-corrected chi connectivity index (χ4v) is 1.34. The Morgan fingerprint density at radius 3 is 2.56 bits per heavy atom. The topological polar surface area (TPSA) is 47.0 Å². The standard InChI is InChI=1S/C12H19F2N3O/c1-12(2,3)16-6-8-5-15-9(7-18-4)17-10(8)11(13)14/h5,11,16H,6-7H2,1-4H3. The molecule has 18 heavy (non-hydrogen) atoms. The molecule has 4 nitrogen and oxygen atoms in total. The molecule has 0 saturated heterocycles. The molecule has 0 aliphatic heterocycles. The van der Waals surface area contributed by atoms with Gasteiger partial charge in [-0.15, -0.1) is 0 Å². The van der Waals surface area contributed by atoms with Gasteiger partial charge in [0.25, 0.3) is 6.43 Å². The Hall–Kier alpha value is -1.14. The van der Waals surface area contributed by atoms with Gasteiger partial charge in [0, 0.05) is 31.0 Å². The van der Waals surface area contributed by atoms with Crippen molar-refractivity contribution in [1.82, 2.24) is 15.3 Å². The molecule has 1 N–H and O–H groups in total. The smallest absolute Gasteiger partial charge is 0.280 e. The molecule has 0 atom stereocenters. The van der Waals surface area contributed by atoms with E-state index in [-0.39, 0.29) is 23.7 Å². The maximum Gasteiger partial charge on any atom is 0.280 e. The van der Waals surface area contributed by atoms with Gasteiger partial charge in [-0.05, 0) is 20.8 Å². The van der Waals surface area contributed by atoms with Gasteiger partial charge in [0.15, 0.2) is 5.82 Å². The van der Waals surface area contributed by atoms with Crippen LogP contribution in [-0.4, -0.2) is 22.6 Å². The summed E-state index contributed by atoms with van der Waals surface area (Å²) in [5.74, 6) is 0.271. The minimum absolute atomic E-state index is 0.132. The number of halogens is 2. The molecule has 6 heteroatoms. The zero-order valence-electron chi connectivity index (χ0n) is 11.1. The van der Waals surface area contributed by atoms with E-state index in [0.29, 0.717) is 12.1 Å². The Kier molecular flexibility index (Phi) is 5.10. The van der Waals surface area contributed by atoms with Crippen LogP contribution < -0.4 is 5.32 Å². The Labute approximate surface area is 106 Å². The molecule has 1 aromatic heterocycles. The molecule has 0 amide bonds. The van der Waals surface area contributed by atoms with E-state index >= 15 is 0 Å².